The first kappa shape index (κ1) is 78.8. The second-order valence-corrected chi connectivity index (χ2v) is 29.3. The van der Waals surface area contributed by atoms with Gasteiger partial charge in [-0.25, -0.2) is 0 Å². The molecule has 0 aromatic carbocycles. The third kappa shape index (κ3) is 14.1. The fourth-order valence-corrected chi connectivity index (χ4v) is 17.8. The molecule has 7 heterocycles. The number of rotatable bonds is 21. The number of aliphatic hydroxyl groups is 23. The summed E-state index contributed by atoms with van der Waals surface area (Å²) in [7, 11) is 0. The Bertz CT molecular complexity index is 2720. The van der Waals surface area contributed by atoms with Crippen LogP contribution in [0.2, 0.25) is 0 Å². The topological polar surface area (TPSA) is 612 Å². The number of carbonyl (C=O) groups excluding carboxylic acids is 1. The van der Waals surface area contributed by atoms with Crippen molar-refractivity contribution in [2.24, 2.45) is 28.1 Å². The summed E-state index contributed by atoms with van der Waals surface area (Å²) in [6.45, 7) is 2.06. The van der Waals surface area contributed by atoms with Crippen LogP contribution < -0.4 is 0 Å². The quantitative estimate of drug-likeness (QED) is 0.0288. The third-order valence-corrected chi connectivity index (χ3v) is 23.4. The van der Waals surface area contributed by atoms with Crippen LogP contribution in [0.25, 0.3) is 0 Å². The first-order chi connectivity index (χ1) is 47.3. The molecule has 11 rings (SSSR count). The van der Waals surface area contributed by atoms with E-state index in [1.165, 1.54) is 0 Å². The van der Waals surface area contributed by atoms with Crippen molar-refractivity contribution in [3.63, 3.8) is 0 Å². The Kier molecular flexibility index (Phi) is 24.6. The molecule has 4 aliphatic carbocycles. The van der Waals surface area contributed by atoms with Crippen molar-refractivity contribution in [2.75, 3.05) is 46.2 Å². The van der Waals surface area contributed by atoms with Crippen LogP contribution in [-0.2, 0) is 71.1 Å². The average molecular weight is 1450 g/mol. The summed E-state index contributed by atoms with van der Waals surface area (Å²) < 4.78 is 84.6. The van der Waals surface area contributed by atoms with Gasteiger partial charge in [0.25, 0.3) is 0 Å². The standard InChI is InChI=1S/C62H100O38/c1-20-11-61-9-5-28-59(2,7-4-8-60(28,3)58(86)99-56-49(97-53-44(83)39(78)32(71)23(14-65)90-53)47(35(74)25(16-67)92-56)95-52-43(82)38(77)31(70)22(13-64)89-52)29(61)6-10-62(20,19-61)100-57-50(98-54-45(84)40(79)33(72)24(15-66)91-54)48(36(75)26(17-68)93-57)96-55-46(85)41(80)34(73)27(94-55)18-87-51-42(81)37(76)30(69)21(12-63)88-51/h21-57,63-85H,1,4-19H2,2-3H3/t21?,22?,23?,24?,25?,26?,27?,28?,29-,30?,31?,32?,33?,34?,35?,36?,37?,38?,39?,40?,41?,42?,43?,44?,45?,46?,47?,48?,49?,50?,51?,52?,53?,54?,55?,56?,57?,59+,60+,61+,62?/m0/s1. The van der Waals surface area contributed by atoms with E-state index >= 15 is 4.79 Å². The highest BCUT2D eigenvalue weighted by Gasteiger charge is 2.70. The van der Waals surface area contributed by atoms with E-state index in [2.05, 4.69) is 13.5 Å². The Morgan fingerprint density at radius 1 is 0.400 bits per heavy atom. The van der Waals surface area contributed by atoms with Crippen LogP contribution in [0, 0.1) is 28.1 Å². The molecular weight excluding hydrogens is 1350 g/mol. The van der Waals surface area contributed by atoms with E-state index in [4.69, 9.17) is 66.3 Å². The zero-order chi connectivity index (χ0) is 72.7. The molecular formula is C62H100O38. The van der Waals surface area contributed by atoms with Gasteiger partial charge in [-0.3, -0.25) is 4.79 Å². The molecule has 4 saturated carbocycles. The highest BCUT2D eigenvalue weighted by Crippen LogP contribution is 2.74. The lowest BCUT2D eigenvalue weighted by molar-refractivity contribution is -0.401. The second kappa shape index (κ2) is 31.2. The van der Waals surface area contributed by atoms with Gasteiger partial charge in [-0.1, -0.05) is 19.9 Å². The molecule has 11 fully saturated rings. The largest absolute Gasteiger partial charge is 0.432 e. The van der Waals surface area contributed by atoms with Crippen LogP contribution in [-0.4, -0.2) is 390 Å². The van der Waals surface area contributed by atoms with Gasteiger partial charge < -0.3 is 184 Å². The van der Waals surface area contributed by atoms with Crippen molar-refractivity contribution in [1.82, 2.24) is 0 Å². The number of hydrogen-bond acceptors (Lipinski definition) is 38. The van der Waals surface area contributed by atoms with Crippen LogP contribution in [0.15, 0.2) is 12.2 Å². The number of esters is 1. The van der Waals surface area contributed by atoms with Crippen LogP contribution in [0.4, 0.5) is 0 Å². The monoisotopic (exact) mass is 1450 g/mol. The summed E-state index contributed by atoms with van der Waals surface area (Å²) in [5, 5.41) is 249. The number of fused-ring (bicyclic) bond motifs is 3. The van der Waals surface area contributed by atoms with Gasteiger partial charge in [-0.15, -0.1) is 0 Å². The molecule has 576 valence electrons. The normalized spacial score (nSPS) is 54.5. The molecule has 38 nitrogen and oxygen atoms in total. The minimum absolute atomic E-state index is 0.185. The van der Waals surface area contributed by atoms with Crippen molar-refractivity contribution in [1.29, 1.82) is 0 Å². The van der Waals surface area contributed by atoms with E-state index < -0.39 is 295 Å². The van der Waals surface area contributed by atoms with E-state index in [0.717, 1.165) is 0 Å². The van der Waals surface area contributed by atoms with Crippen molar-refractivity contribution in [3.05, 3.63) is 12.2 Å². The Balaban J connectivity index is 0.853. The van der Waals surface area contributed by atoms with E-state index in [9.17, 15) is 117 Å². The maximum atomic E-state index is 15.5. The summed E-state index contributed by atoms with van der Waals surface area (Å²) in [6.07, 6.45) is -63.1. The Labute approximate surface area is 571 Å². The molecule has 23 N–H and O–H groups in total. The van der Waals surface area contributed by atoms with Crippen molar-refractivity contribution in [3.8, 4) is 0 Å². The molecule has 7 aliphatic heterocycles. The molecule has 37 unspecified atom stereocenters. The maximum absolute atomic E-state index is 15.5. The molecule has 2 bridgehead atoms. The predicted molar refractivity (Wildman–Crippen MR) is 317 cm³/mol. The van der Waals surface area contributed by atoms with E-state index in [-0.39, 0.29) is 25.2 Å². The summed E-state index contributed by atoms with van der Waals surface area (Å²) in [6, 6.07) is 0. The highest BCUT2D eigenvalue weighted by molar-refractivity contribution is 5.77. The number of aliphatic hydroxyl groups excluding tert-OH is 23. The van der Waals surface area contributed by atoms with Crippen LogP contribution in [0.5, 0.6) is 0 Å². The third-order valence-electron chi connectivity index (χ3n) is 23.4. The molecule has 7 saturated heterocycles. The summed E-state index contributed by atoms with van der Waals surface area (Å²) >= 11 is 0. The van der Waals surface area contributed by atoms with E-state index in [1.54, 1.807) is 6.92 Å². The maximum Gasteiger partial charge on any atom is 0.314 e. The van der Waals surface area contributed by atoms with Gasteiger partial charge in [0.05, 0.1) is 57.3 Å². The average Bonchev–Trinajstić information content (AvgIpc) is 1.44. The van der Waals surface area contributed by atoms with Gasteiger partial charge in [-0.2, -0.15) is 0 Å². The SMILES string of the molecule is C=C1C[C@@]23CCC4[C@](C)(C(=O)OC5OC(CO)C(O)C(OC6OC(CO)C(O)C(O)C6O)C5OC5OC(CO)C(O)C(O)C5O)CCC[C@@]4(C)[C@@H]2CCC1(OC1OC(CO)C(O)C(OC2OC(COC4OC(CO)C(O)C(O)C4O)C(O)C(O)C2O)C1OC1OC(CO)C(O)C(O)C1O)C3. The van der Waals surface area contributed by atoms with Crippen molar-refractivity contribution < 1.29 is 189 Å². The summed E-state index contributed by atoms with van der Waals surface area (Å²) in [5.74, 6) is -1.56. The summed E-state index contributed by atoms with van der Waals surface area (Å²) in [4.78, 5) is 15.5. The zero-order valence-electron chi connectivity index (χ0n) is 54.8. The van der Waals surface area contributed by atoms with Gasteiger partial charge in [0.2, 0.25) is 6.29 Å². The lowest BCUT2D eigenvalue weighted by Crippen LogP contribution is -2.68. The first-order valence-electron chi connectivity index (χ1n) is 33.9. The predicted octanol–water partition coefficient (Wildman–Crippen LogP) is -11.6. The summed E-state index contributed by atoms with van der Waals surface area (Å²) in [5.41, 5.74) is -3.52. The number of ether oxygens (including phenoxy) is 14. The van der Waals surface area contributed by atoms with Crippen LogP contribution in [0.1, 0.15) is 71.6 Å². The molecule has 41 atom stereocenters. The Morgan fingerprint density at radius 2 is 0.750 bits per heavy atom. The second-order valence-electron chi connectivity index (χ2n) is 29.3. The van der Waals surface area contributed by atoms with Gasteiger partial charge in [0.15, 0.2) is 43.8 Å². The molecule has 38 heteroatoms. The Morgan fingerprint density at radius 3 is 1.19 bits per heavy atom. The zero-order valence-corrected chi connectivity index (χ0v) is 54.8. The molecule has 0 radical (unpaired) electrons. The molecule has 100 heavy (non-hydrogen) atoms. The lowest BCUT2D eigenvalue weighted by atomic mass is 9.41. The number of hydrogen-bond donors (Lipinski definition) is 23. The smallest absolute Gasteiger partial charge is 0.314 e. The van der Waals surface area contributed by atoms with Gasteiger partial charge in [-0.05, 0) is 86.5 Å². The highest BCUT2D eigenvalue weighted by atomic mass is 16.8. The van der Waals surface area contributed by atoms with Crippen LogP contribution in [0.3, 0.4) is 0 Å². The molecule has 1 spiro atoms. The van der Waals surface area contributed by atoms with E-state index in [1.807, 2.05) is 0 Å². The fourth-order valence-electron chi connectivity index (χ4n) is 17.8. The minimum atomic E-state index is -2.17. The lowest BCUT2D eigenvalue weighted by Gasteiger charge is -2.64. The van der Waals surface area contributed by atoms with Gasteiger partial charge in [0, 0.05) is 0 Å². The van der Waals surface area contributed by atoms with Crippen molar-refractivity contribution >= 4 is 5.97 Å². The Hall–Kier alpha value is -2.23. The molecule has 0 aromatic heterocycles. The molecule has 11 aliphatic rings. The first-order valence-corrected chi connectivity index (χ1v) is 33.9. The number of carbonyl (C=O) groups is 1. The molecule has 0 aromatic rings. The van der Waals surface area contributed by atoms with Crippen LogP contribution >= 0.6 is 0 Å². The molecule has 0 amide bonds. The van der Waals surface area contributed by atoms with Gasteiger partial charge in [0.1, 0.15) is 165 Å². The van der Waals surface area contributed by atoms with Crippen molar-refractivity contribution in [2.45, 2.75) is 292 Å². The minimum Gasteiger partial charge on any atom is -0.432 e. The fraction of sp³-hybridized carbons (Fsp3) is 0.952. The van der Waals surface area contributed by atoms with Gasteiger partial charge >= 0.3 is 5.97 Å². The van der Waals surface area contributed by atoms with E-state index in [0.29, 0.717) is 44.1 Å².